The number of halogens is 1. The number of primary amides is 1. The Balaban J connectivity index is 1.64. The van der Waals surface area contributed by atoms with Gasteiger partial charge in [0, 0.05) is 37.4 Å². The van der Waals surface area contributed by atoms with Gasteiger partial charge in [-0.1, -0.05) is 18.2 Å². The van der Waals surface area contributed by atoms with Crippen LogP contribution in [-0.2, 0) is 0 Å². The van der Waals surface area contributed by atoms with E-state index in [2.05, 4.69) is 5.32 Å². The molecule has 2 aromatic carbocycles. The summed E-state index contributed by atoms with van der Waals surface area (Å²) in [7, 11) is 0. The number of nitrogens with two attached hydrogens (primary N) is 1. The van der Waals surface area contributed by atoms with Gasteiger partial charge in [0.2, 0.25) is 5.91 Å². The highest BCUT2D eigenvalue weighted by Gasteiger charge is 2.21. The van der Waals surface area contributed by atoms with Crippen LogP contribution in [0.25, 0.3) is 0 Å². The molecule has 0 atom stereocenters. The third kappa shape index (κ3) is 4.11. The lowest BCUT2D eigenvalue weighted by molar-refractivity contribution is 0.1000. The van der Waals surface area contributed by atoms with Crippen LogP contribution >= 0.6 is 0 Å². The Hall–Kier alpha value is -3.09. The molecule has 0 aliphatic carbocycles. The molecule has 6 nitrogen and oxygen atoms in total. The number of nitrogens with zero attached hydrogens (tertiary/aromatic N) is 2. The van der Waals surface area contributed by atoms with Crippen LogP contribution in [0.15, 0.2) is 48.5 Å². The average molecular weight is 356 g/mol. The van der Waals surface area contributed by atoms with Gasteiger partial charge in [-0.05, 0) is 36.8 Å². The summed E-state index contributed by atoms with van der Waals surface area (Å²) in [5, 5.41) is 2.79. The summed E-state index contributed by atoms with van der Waals surface area (Å²) in [6.45, 7) is 2.29. The molecule has 136 valence electrons. The van der Waals surface area contributed by atoms with Crippen LogP contribution < -0.4 is 16.0 Å². The fraction of sp³-hybridized carbons (Fsp3) is 0.263. The highest BCUT2D eigenvalue weighted by Crippen LogP contribution is 2.20. The maximum absolute atomic E-state index is 14.0. The molecule has 0 unspecified atom stereocenters. The van der Waals surface area contributed by atoms with Gasteiger partial charge in [-0.2, -0.15) is 0 Å². The number of carbonyl (C=O) groups is 2. The van der Waals surface area contributed by atoms with E-state index in [1.807, 2.05) is 4.90 Å². The number of amides is 3. The molecule has 0 radical (unpaired) electrons. The van der Waals surface area contributed by atoms with Crippen molar-refractivity contribution in [2.45, 2.75) is 6.42 Å². The Morgan fingerprint density at radius 3 is 2.58 bits per heavy atom. The topological polar surface area (TPSA) is 78.7 Å². The molecule has 2 aromatic rings. The van der Waals surface area contributed by atoms with Crippen molar-refractivity contribution >= 4 is 23.3 Å². The maximum Gasteiger partial charge on any atom is 0.321 e. The molecule has 0 aromatic heterocycles. The Morgan fingerprint density at radius 2 is 1.81 bits per heavy atom. The number of hydrogen-bond donors (Lipinski definition) is 2. The zero-order valence-corrected chi connectivity index (χ0v) is 14.3. The van der Waals surface area contributed by atoms with Crippen molar-refractivity contribution in [2.75, 3.05) is 36.4 Å². The van der Waals surface area contributed by atoms with Gasteiger partial charge in [-0.15, -0.1) is 0 Å². The Kier molecular flexibility index (Phi) is 5.36. The average Bonchev–Trinajstić information content (AvgIpc) is 2.88. The zero-order chi connectivity index (χ0) is 18.5. The first-order chi connectivity index (χ1) is 12.5. The lowest BCUT2D eigenvalue weighted by Crippen LogP contribution is -2.38. The summed E-state index contributed by atoms with van der Waals surface area (Å²) in [6, 6.07) is 12.9. The van der Waals surface area contributed by atoms with Crippen molar-refractivity contribution in [3.8, 4) is 0 Å². The first-order valence-corrected chi connectivity index (χ1v) is 8.50. The van der Waals surface area contributed by atoms with Gasteiger partial charge < -0.3 is 20.9 Å². The van der Waals surface area contributed by atoms with Crippen molar-refractivity contribution in [1.29, 1.82) is 0 Å². The highest BCUT2D eigenvalue weighted by atomic mass is 19.1. The largest absolute Gasteiger partial charge is 0.367 e. The molecule has 26 heavy (non-hydrogen) atoms. The molecule has 0 spiro atoms. The number of para-hydroxylation sites is 1. The Labute approximate surface area is 151 Å². The van der Waals surface area contributed by atoms with Gasteiger partial charge >= 0.3 is 6.03 Å². The first kappa shape index (κ1) is 17.7. The van der Waals surface area contributed by atoms with E-state index in [0.29, 0.717) is 43.1 Å². The van der Waals surface area contributed by atoms with Crippen LogP contribution in [0.4, 0.5) is 20.6 Å². The van der Waals surface area contributed by atoms with E-state index < -0.39 is 5.91 Å². The van der Waals surface area contributed by atoms with Gasteiger partial charge in [0.25, 0.3) is 0 Å². The molecule has 1 saturated heterocycles. The van der Waals surface area contributed by atoms with Gasteiger partial charge in [-0.3, -0.25) is 4.79 Å². The number of carbonyl (C=O) groups excluding carboxylic acids is 2. The zero-order valence-electron chi connectivity index (χ0n) is 14.3. The monoisotopic (exact) mass is 356 g/mol. The third-order valence-corrected chi connectivity index (χ3v) is 4.37. The smallest absolute Gasteiger partial charge is 0.321 e. The molecule has 1 heterocycles. The van der Waals surface area contributed by atoms with E-state index in [1.165, 1.54) is 6.07 Å². The summed E-state index contributed by atoms with van der Waals surface area (Å²) in [5.41, 5.74) is 6.67. The molecule has 1 aliphatic heterocycles. The van der Waals surface area contributed by atoms with Gasteiger partial charge in [0.15, 0.2) is 0 Å². The molecule has 3 rings (SSSR count). The second-order valence-corrected chi connectivity index (χ2v) is 6.15. The van der Waals surface area contributed by atoms with Crippen molar-refractivity contribution in [3.63, 3.8) is 0 Å². The maximum atomic E-state index is 14.0. The number of rotatable bonds is 3. The molecular formula is C19H21FN4O2. The van der Waals surface area contributed by atoms with Crippen molar-refractivity contribution in [1.82, 2.24) is 4.90 Å². The molecule has 1 aliphatic rings. The fourth-order valence-corrected chi connectivity index (χ4v) is 3.02. The Bertz CT molecular complexity index is 812. The number of nitrogens with one attached hydrogen (secondary N) is 1. The minimum Gasteiger partial charge on any atom is -0.367 e. The number of benzene rings is 2. The van der Waals surface area contributed by atoms with Crippen LogP contribution in [0.1, 0.15) is 16.8 Å². The second kappa shape index (κ2) is 7.86. The van der Waals surface area contributed by atoms with Gasteiger partial charge in [0.1, 0.15) is 5.82 Å². The minimum absolute atomic E-state index is 0.248. The summed E-state index contributed by atoms with van der Waals surface area (Å²) in [6.07, 6.45) is 0.739. The molecule has 3 amide bonds. The predicted octanol–water partition coefficient (Wildman–Crippen LogP) is 2.67. The third-order valence-electron chi connectivity index (χ3n) is 4.37. The quantitative estimate of drug-likeness (QED) is 0.887. The Morgan fingerprint density at radius 1 is 1.00 bits per heavy atom. The summed E-state index contributed by atoms with van der Waals surface area (Å²) in [4.78, 5) is 27.4. The summed E-state index contributed by atoms with van der Waals surface area (Å²) < 4.78 is 14.0. The second-order valence-electron chi connectivity index (χ2n) is 6.15. The van der Waals surface area contributed by atoms with Gasteiger partial charge in [-0.25, -0.2) is 9.18 Å². The summed E-state index contributed by atoms with van der Waals surface area (Å²) in [5.74, 6) is -0.801. The molecule has 1 fully saturated rings. The minimum atomic E-state index is -0.545. The highest BCUT2D eigenvalue weighted by molar-refractivity contribution is 5.95. The van der Waals surface area contributed by atoms with E-state index in [0.717, 1.165) is 6.42 Å². The van der Waals surface area contributed by atoms with E-state index in [-0.39, 0.29) is 11.8 Å². The predicted molar refractivity (Wildman–Crippen MR) is 98.8 cm³/mol. The van der Waals surface area contributed by atoms with Gasteiger partial charge in [0.05, 0.1) is 5.69 Å². The lowest BCUT2D eigenvalue weighted by atomic mass is 10.2. The van der Waals surface area contributed by atoms with Crippen LogP contribution in [0.5, 0.6) is 0 Å². The standard InChI is InChI=1S/C19H21FN4O2/c20-16-7-1-2-8-17(16)23-9-4-10-24(12-11-23)19(26)22-15-6-3-5-14(13-15)18(21)25/h1-3,5-8,13H,4,9-12H2,(H2,21,25)(H,22,26). The van der Waals surface area contributed by atoms with Crippen LogP contribution in [0.2, 0.25) is 0 Å². The lowest BCUT2D eigenvalue weighted by Gasteiger charge is -2.24. The van der Waals surface area contributed by atoms with E-state index in [9.17, 15) is 14.0 Å². The molecular weight excluding hydrogens is 335 g/mol. The number of urea groups is 1. The number of anilines is 2. The van der Waals surface area contributed by atoms with Crippen LogP contribution in [0, 0.1) is 5.82 Å². The molecule has 7 heteroatoms. The fourth-order valence-electron chi connectivity index (χ4n) is 3.02. The normalized spacial score (nSPS) is 14.7. The SMILES string of the molecule is NC(=O)c1cccc(NC(=O)N2CCCN(c3ccccc3F)CC2)c1. The number of hydrogen-bond acceptors (Lipinski definition) is 3. The van der Waals surface area contributed by atoms with Crippen molar-refractivity contribution in [2.24, 2.45) is 5.73 Å². The van der Waals surface area contributed by atoms with E-state index >= 15 is 0 Å². The molecule has 3 N–H and O–H groups in total. The van der Waals surface area contributed by atoms with E-state index in [4.69, 9.17) is 5.73 Å². The van der Waals surface area contributed by atoms with Crippen molar-refractivity contribution < 1.29 is 14.0 Å². The van der Waals surface area contributed by atoms with Crippen LogP contribution in [-0.4, -0.2) is 43.0 Å². The van der Waals surface area contributed by atoms with Crippen LogP contribution in [0.3, 0.4) is 0 Å². The van der Waals surface area contributed by atoms with Crippen molar-refractivity contribution in [3.05, 3.63) is 59.9 Å². The molecule has 0 saturated carbocycles. The summed E-state index contributed by atoms with van der Waals surface area (Å²) >= 11 is 0. The molecule has 0 bridgehead atoms. The van der Waals surface area contributed by atoms with E-state index in [1.54, 1.807) is 47.4 Å². The first-order valence-electron chi connectivity index (χ1n) is 8.50.